The highest BCUT2D eigenvalue weighted by Gasteiger charge is 2.21. The maximum absolute atomic E-state index is 13.2. The molecule has 0 saturated heterocycles. The smallest absolute Gasteiger partial charge is 0.203 e. The Morgan fingerprint density at radius 1 is 0.786 bits per heavy atom. The Morgan fingerprint density at radius 2 is 1.46 bits per heavy atom. The van der Waals surface area contributed by atoms with Gasteiger partial charge in [-0.1, -0.05) is 66.2 Å². The fourth-order valence-electron chi connectivity index (χ4n) is 3.13. The molecule has 2 nitrogen and oxygen atoms in total. The second kappa shape index (κ2) is 7.74. The number of aryl methyl sites for hydroxylation is 1. The number of carbonyl (C=O) groups is 2. The van der Waals surface area contributed by atoms with Crippen molar-refractivity contribution in [2.24, 2.45) is 0 Å². The first-order valence-corrected chi connectivity index (χ1v) is 10.9. The Balaban J connectivity index is 1.71. The van der Waals surface area contributed by atoms with Gasteiger partial charge in [0.05, 0.1) is 9.09 Å². The molecule has 4 heteroatoms. The molecule has 0 spiro atoms. The third-order valence-electron chi connectivity index (χ3n) is 4.68. The summed E-state index contributed by atoms with van der Waals surface area (Å²) in [4.78, 5) is 26.6. The van der Waals surface area contributed by atoms with Gasteiger partial charge in [-0.05, 0) is 36.1 Å². The summed E-state index contributed by atoms with van der Waals surface area (Å²) in [7, 11) is 0. The van der Waals surface area contributed by atoms with E-state index in [1.165, 1.54) is 23.1 Å². The Kier molecular flexibility index (Phi) is 5.16. The van der Waals surface area contributed by atoms with E-state index < -0.39 is 0 Å². The molecular formula is C24H18O2S2. The first-order chi connectivity index (χ1) is 13.6. The van der Waals surface area contributed by atoms with Crippen molar-refractivity contribution < 1.29 is 9.59 Å². The van der Waals surface area contributed by atoms with Gasteiger partial charge in [-0.2, -0.15) is 0 Å². The second-order valence-electron chi connectivity index (χ2n) is 6.60. The molecule has 0 N–H and O–H groups in total. The van der Waals surface area contributed by atoms with Gasteiger partial charge in [-0.25, -0.2) is 0 Å². The summed E-state index contributed by atoms with van der Waals surface area (Å²) < 4.78 is 0.869. The van der Waals surface area contributed by atoms with Crippen LogP contribution in [0.4, 0.5) is 0 Å². The predicted molar refractivity (Wildman–Crippen MR) is 118 cm³/mol. The molecule has 4 aromatic rings. The number of ketones is 2. The van der Waals surface area contributed by atoms with Crippen molar-refractivity contribution >= 4 is 45.4 Å². The van der Waals surface area contributed by atoms with Crippen LogP contribution in [-0.4, -0.2) is 17.8 Å². The summed E-state index contributed by atoms with van der Waals surface area (Å²) in [6.45, 7) is 1.99. The Bertz CT molecular complexity index is 1190. The summed E-state index contributed by atoms with van der Waals surface area (Å²) in [6.07, 6.45) is 1.93. The van der Waals surface area contributed by atoms with Crippen LogP contribution >= 0.6 is 23.1 Å². The van der Waals surface area contributed by atoms with Crippen LogP contribution in [0.25, 0.3) is 10.8 Å². The molecule has 28 heavy (non-hydrogen) atoms. The largest absolute Gasteiger partial charge is 0.289 e. The SMILES string of the molecule is CSc1sc(C(=O)c2ccc(C)cc2)cc1C(=O)c1ccc2ccccc2c1. The van der Waals surface area contributed by atoms with Gasteiger partial charge in [-0.15, -0.1) is 23.1 Å². The van der Waals surface area contributed by atoms with E-state index in [0.717, 1.165) is 20.5 Å². The van der Waals surface area contributed by atoms with Crippen molar-refractivity contribution in [2.45, 2.75) is 11.1 Å². The van der Waals surface area contributed by atoms with Gasteiger partial charge in [0, 0.05) is 16.7 Å². The molecule has 4 rings (SSSR count). The predicted octanol–water partition coefficient (Wildman–Crippen LogP) is 6.39. The van der Waals surface area contributed by atoms with Crippen molar-refractivity contribution in [3.63, 3.8) is 0 Å². The molecule has 0 aliphatic rings. The first-order valence-electron chi connectivity index (χ1n) is 8.89. The molecule has 0 aliphatic carbocycles. The zero-order chi connectivity index (χ0) is 19.7. The molecule has 0 amide bonds. The van der Waals surface area contributed by atoms with Gasteiger partial charge in [0.1, 0.15) is 0 Å². The standard InChI is InChI=1S/C24H18O2S2/c1-15-7-9-17(10-8-15)23(26)21-14-20(24(27-2)28-21)22(25)19-12-11-16-5-3-4-6-18(16)13-19/h3-14H,1-2H3. The first kappa shape index (κ1) is 18.7. The minimum atomic E-state index is -0.0469. The van der Waals surface area contributed by atoms with Gasteiger partial charge in [0.25, 0.3) is 0 Å². The lowest BCUT2D eigenvalue weighted by Gasteiger charge is -2.03. The monoisotopic (exact) mass is 402 g/mol. The third-order valence-corrected chi connectivity index (χ3v) is 6.95. The topological polar surface area (TPSA) is 34.1 Å². The number of hydrogen-bond acceptors (Lipinski definition) is 4. The summed E-state index contributed by atoms with van der Waals surface area (Å²) in [6, 6.07) is 23.0. The number of thioether (sulfide) groups is 1. The molecule has 0 aliphatic heterocycles. The molecule has 138 valence electrons. The molecular weight excluding hydrogens is 384 g/mol. The number of rotatable bonds is 5. The maximum Gasteiger partial charge on any atom is 0.203 e. The van der Waals surface area contributed by atoms with E-state index in [0.29, 0.717) is 21.6 Å². The number of benzene rings is 3. The van der Waals surface area contributed by atoms with E-state index in [1.807, 2.05) is 79.9 Å². The highest BCUT2D eigenvalue weighted by molar-refractivity contribution is 8.00. The van der Waals surface area contributed by atoms with Crippen LogP contribution in [0.15, 0.2) is 77.0 Å². The zero-order valence-corrected chi connectivity index (χ0v) is 17.2. The quantitative estimate of drug-likeness (QED) is 0.286. The van der Waals surface area contributed by atoms with Crippen molar-refractivity contribution in [3.8, 4) is 0 Å². The van der Waals surface area contributed by atoms with Crippen LogP contribution in [0, 0.1) is 6.92 Å². The van der Waals surface area contributed by atoms with Crippen LogP contribution in [0.3, 0.4) is 0 Å². The van der Waals surface area contributed by atoms with Crippen LogP contribution in [0.1, 0.15) is 36.7 Å². The minimum Gasteiger partial charge on any atom is -0.289 e. The zero-order valence-electron chi connectivity index (χ0n) is 15.6. The molecule has 0 atom stereocenters. The maximum atomic E-state index is 13.2. The van der Waals surface area contributed by atoms with Gasteiger partial charge in [-0.3, -0.25) is 9.59 Å². The van der Waals surface area contributed by atoms with E-state index in [9.17, 15) is 9.59 Å². The van der Waals surface area contributed by atoms with Crippen molar-refractivity contribution in [2.75, 3.05) is 6.26 Å². The number of hydrogen-bond donors (Lipinski definition) is 0. The molecule has 0 bridgehead atoms. The summed E-state index contributed by atoms with van der Waals surface area (Å²) in [5, 5.41) is 2.13. The Hall–Kier alpha value is -2.69. The fourth-order valence-corrected chi connectivity index (χ4v) is 4.95. The van der Waals surface area contributed by atoms with Crippen molar-refractivity contribution in [1.82, 2.24) is 0 Å². The average Bonchev–Trinajstić information content (AvgIpc) is 3.17. The average molecular weight is 403 g/mol. The molecule has 1 heterocycles. The lowest BCUT2D eigenvalue weighted by molar-refractivity contribution is 0.103. The van der Waals surface area contributed by atoms with Crippen LogP contribution in [0.2, 0.25) is 0 Å². The summed E-state index contributed by atoms with van der Waals surface area (Å²) >= 11 is 2.89. The van der Waals surface area contributed by atoms with Crippen LogP contribution in [0.5, 0.6) is 0 Å². The normalized spacial score (nSPS) is 10.9. The lowest BCUT2D eigenvalue weighted by Crippen LogP contribution is -2.02. The summed E-state index contributed by atoms with van der Waals surface area (Å²) in [5.74, 6) is -0.0906. The van der Waals surface area contributed by atoms with E-state index in [1.54, 1.807) is 6.07 Å². The van der Waals surface area contributed by atoms with Gasteiger partial charge in [0.15, 0.2) is 5.78 Å². The van der Waals surface area contributed by atoms with E-state index in [2.05, 4.69) is 0 Å². The number of fused-ring (bicyclic) bond motifs is 1. The number of thiophene rings is 1. The van der Waals surface area contributed by atoms with Crippen LogP contribution in [-0.2, 0) is 0 Å². The Labute approximate surface area is 172 Å². The fraction of sp³-hybridized carbons (Fsp3) is 0.0833. The molecule has 3 aromatic carbocycles. The number of carbonyl (C=O) groups excluding carboxylic acids is 2. The molecule has 0 fully saturated rings. The van der Waals surface area contributed by atoms with Gasteiger partial charge in [0.2, 0.25) is 5.78 Å². The van der Waals surface area contributed by atoms with E-state index >= 15 is 0 Å². The minimum absolute atomic E-state index is 0.0436. The second-order valence-corrected chi connectivity index (χ2v) is 8.73. The highest BCUT2D eigenvalue weighted by Crippen LogP contribution is 2.34. The van der Waals surface area contributed by atoms with E-state index in [4.69, 9.17) is 0 Å². The molecule has 0 radical (unpaired) electrons. The van der Waals surface area contributed by atoms with Crippen molar-refractivity contribution in [3.05, 3.63) is 99.9 Å². The molecule has 1 aromatic heterocycles. The van der Waals surface area contributed by atoms with E-state index in [-0.39, 0.29) is 11.6 Å². The van der Waals surface area contributed by atoms with Gasteiger partial charge < -0.3 is 0 Å². The lowest BCUT2D eigenvalue weighted by atomic mass is 10.0. The molecule has 0 unspecified atom stereocenters. The summed E-state index contributed by atoms with van der Waals surface area (Å²) in [5.41, 5.74) is 2.99. The highest BCUT2D eigenvalue weighted by atomic mass is 32.2. The van der Waals surface area contributed by atoms with Gasteiger partial charge >= 0.3 is 0 Å². The third kappa shape index (κ3) is 3.53. The Morgan fingerprint density at radius 3 is 2.18 bits per heavy atom. The molecule has 0 saturated carbocycles. The van der Waals surface area contributed by atoms with Crippen LogP contribution < -0.4 is 0 Å². The van der Waals surface area contributed by atoms with Crippen molar-refractivity contribution in [1.29, 1.82) is 0 Å².